The van der Waals surface area contributed by atoms with E-state index in [2.05, 4.69) is 27.6 Å². The molecule has 0 atom stereocenters. The van der Waals surface area contributed by atoms with Crippen molar-refractivity contribution in [2.75, 3.05) is 13.1 Å². The van der Waals surface area contributed by atoms with Gasteiger partial charge in [0.1, 0.15) is 0 Å². The van der Waals surface area contributed by atoms with E-state index in [9.17, 15) is 8.42 Å². The van der Waals surface area contributed by atoms with Crippen LogP contribution in [0.1, 0.15) is 30.9 Å². The molecule has 0 aromatic heterocycles. The number of alkyl halides is 1. The zero-order valence-electron chi connectivity index (χ0n) is 11.7. The van der Waals surface area contributed by atoms with Crippen molar-refractivity contribution in [3.63, 3.8) is 0 Å². The van der Waals surface area contributed by atoms with E-state index in [0.29, 0.717) is 25.6 Å². The summed E-state index contributed by atoms with van der Waals surface area (Å²) in [5, 5.41) is 0.775. The number of halogens is 1. The highest BCUT2D eigenvalue weighted by Crippen LogP contribution is 2.18. The number of hydrogen-bond donors (Lipinski definition) is 1. The molecule has 1 fully saturated rings. The van der Waals surface area contributed by atoms with Crippen LogP contribution < -0.4 is 4.72 Å². The molecule has 0 unspecified atom stereocenters. The van der Waals surface area contributed by atoms with Crippen molar-refractivity contribution in [2.45, 2.75) is 31.6 Å². The zero-order valence-corrected chi connectivity index (χ0v) is 14.1. The summed E-state index contributed by atoms with van der Waals surface area (Å²) in [7, 11) is -3.35. The quantitative estimate of drug-likeness (QED) is 0.820. The number of benzene rings is 1. The lowest BCUT2D eigenvalue weighted by atomic mass is 10.0. The molecule has 1 aromatic carbocycles. The maximum atomic E-state index is 12.2. The lowest BCUT2D eigenvalue weighted by molar-refractivity contribution is 0.285. The van der Waals surface area contributed by atoms with Gasteiger partial charge in [0.15, 0.2) is 0 Å². The molecule has 0 radical (unpaired) electrons. The fourth-order valence-corrected chi connectivity index (χ4v) is 3.89. The Hall–Kier alpha value is -0.430. The number of piperidine rings is 1. The molecule has 0 saturated carbocycles. The van der Waals surface area contributed by atoms with Crippen LogP contribution >= 0.6 is 15.9 Å². The first-order valence-corrected chi connectivity index (χ1v) is 9.46. The van der Waals surface area contributed by atoms with Gasteiger partial charge in [-0.15, -0.1) is 0 Å². The van der Waals surface area contributed by atoms with Crippen LogP contribution in [0.5, 0.6) is 0 Å². The standard InChI is InChI=1S/C14H21BrN2O2S/c1-12-5-7-17(8-6-12)20(18,19)16-11-14-4-2-3-13(9-14)10-15/h2-4,9,12,16H,5-8,10-11H2,1H3. The van der Waals surface area contributed by atoms with Gasteiger partial charge < -0.3 is 0 Å². The Balaban J connectivity index is 1.95. The lowest BCUT2D eigenvalue weighted by Gasteiger charge is -2.29. The second-order valence-corrected chi connectivity index (χ2v) is 7.68. The van der Waals surface area contributed by atoms with Gasteiger partial charge in [-0.3, -0.25) is 0 Å². The molecule has 6 heteroatoms. The lowest BCUT2D eigenvalue weighted by Crippen LogP contribution is -2.44. The van der Waals surface area contributed by atoms with Crippen molar-refractivity contribution in [1.82, 2.24) is 9.03 Å². The molecule has 1 aliphatic rings. The maximum absolute atomic E-state index is 12.2. The van der Waals surface area contributed by atoms with Gasteiger partial charge in [0.25, 0.3) is 10.2 Å². The van der Waals surface area contributed by atoms with Gasteiger partial charge in [0.2, 0.25) is 0 Å². The Morgan fingerprint density at radius 2 is 1.95 bits per heavy atom. The van der Waals surface area contributed by atoms with E-state index in [-0.39, 0.29) is 0 Å². The van der Waals surface area contributed by atoms with Gasteiger partial charge in [-0.2, -0.15) is 17.4 Å². The molecular formula is C14H21BrN2O2S. The van der Waals surface area contributed by atoms with Gasteiger partial charge >= 0.3 is 0 Å². The molecule has 20 heavy (non-hydrogen) atoms. The first-order chi connectivity index (χ1) is 9.51. The molecule has 0 spiro atoms. The van der Waals surface area contributed by atoms with Crippen molar-refractivity contribution in [3.8, 4) is 0 Å². The highest BCUT2D eigenvalue weighted by atomic mass is 79.9. The minimum Gasteiger partial charge on any atom is -0.198 e. The van der Waals surface area contributed by atoms with Crippen molar-refractivity contribution in [3.05, 3.63) is 35.4 Å². The van der Waals surface area contributed by atoms with E-state index in [4.69, 9.17) is 0 Å². The molecule has 0 bridgehead atoms. The van der Waals surface area contributed by atoms with E-state index in [0.717, 1.165) is 29.3 Å². The number of nitrogens with zero attached hydrogens (tertiary/aromatic N) is 1. The topological polar surface area (TPSA) is 49.4 Å². The molecule has 4 nitrogen and oxygen atoms in total. The van der Waals surface area contributed by atoms with Crippen molar-refractivity contribution < 1.29 is 8.42 Å². The third-order valence-electron chi connectivity index (χ3n) is 3.69. The van der Waals surface area contributed by atoms with Crippen LogP contribution in [0.2, 0.25) is 0 Å². The van der Waals surface area contributed by atoms with Crippen LogP contribution in [-0.2, 0) is 22.1 Å². The van der Waals surface area contributed by atoms with Crippen LogP contribution in [0.4, 0.5) is 0 Å². The number of hydrogen-bond acceptors (Lipinski definition) is 2. The highest BCUT2D eigenvalue weighted by molar-refractivity contribution is 9.08. The first-order valence-electron chi connectivity index (χ1n) is 6.90. The summed E-state index contributed by atoms with van der Waals surface area (Å²) >= 11 is 3.40. The maximum Gasteiger partial charge on any atom is 0.279 e. The second kappa shape index (κ2) is 7.02. The Bertz CT molecular complexity index is 540. The average molecular weight is 361 g/mol. The van der Waals surface area contributed by atoms with Gasteiger partial charge in [0.05, 0.1) is 0 Å². The molecule has 0 amide bonds. The van der Waals surface area contributed by atoms with E-state index in [1.165, 1.54) is 0 Å². The fourth-order valence-electron chi connectivity index (χ4n) is 2.31. The third kappa shape index (κ3) is 4.28. The SMILES string of the molecule is CC1CCN(S(=O)(=O)NCc2cccc(CBr)c2)CC1. The predicted molar refractivity (Wildman–Crippen MR) is 84.8 cm³/mol. The average Bonchev–Trinajstić information content (AvgIpc) is 2.46. The molecule has 1 saturated heterocycles. The molecular weight excluding hydrogens is 340 g/mol. The normalized spacial score (nSPS) is 18.3. The number of rotatable bonds is 5. The summed E-state index contributed by atoms with van der Waals surface area (Å²) in [5.41, 5.74) is 2.13. The Kier molecular flexibility index (Phi) is 5.60. The molecule has 1 heterocycles. The van der Waals surface area contributed by atoms with Crippen molar-refractivity contribution in [1.29, 1.82) is 0 Å². The predicted octanol–water partition coefficient (Wildman–Crippen LogP) is 2.65. The zero-order chi connectivity index (χ0) is 14.6. The molecule has 112 valence electrons. The van der Waals surface area contributed by atoms with Crippen LogP contribution in [0.3, 0.4) is 0 Å². The van der Waals surface area contributed by atoms with E-state index in [1.807, 2.05) is 24.3 Å². The Labute approximate surface area is 129 Å². The summed E-state index contributed by atoms with van der Waals surface area (Å²) in [5.74, 6) is 0.622. The van der Waals surface area contributed by atoms with Crippen LogP contribution in [0.15, 0.2) is 24.3 Å². The van der Waals surface area contributed by atoms with Crippen LogP contribution in [-0.4, -0.2) is 25.8 Å². The number of nitrogens with one attached hydrogen (secondary N) is 1. The minimum absolute atomic E-state index is 0.342. The highest BCUT2D eigenvalue weighted by Gasteiger charge is 2.25. The molecule has 1 N–H and O–H groups in total. The molecule has 0 aliphatic carbocycles. The van der Waals surface area contributed by atoms with Crippen LogP contribution in [0, 0.1) is 5.92 Å². The second-order valence-electron chi connectivity index (χ2n) is 5.36. The fraction of sp³-hybridized carbons (Fsp3) is 0.571. The van der Waals surface area contributed by atoms with Gasteiger partial charge in [0, 0.05) is 25.0 Å². The molecule has 1 aromatic rings. The summed E-state index contributed by atoms with van der Waals surface area (Å²) in [6.07, 6.45) is 1.89. The molecule has 2 rings (SSSR count). The van der Waals surface area contributed by atoms with Crippen LogP contribution in [0.25, 0.3) is 0 Å². The van der Waals surface area contributed by atoms with E-state index < -0.39 is 10.2 Å². The monoisotopic (exact) mass is 360 g/mol. The Morgan fingerprint density at radius 3 is 2.60 bits per heavy atom. The van der Waals surface area contributed by atoms with Crippen molar-refractivity contribution >= 4 is 26.1 Å². The Morgan fingerprint density at radius 1 is 1.30 bits per heavy atom. The van der Waals surface area contributed by atoms with Gasteiger partial charge in [-0.25, -0.2) is 0 Å². The van der Waals surface area contributed by atoms with E-state index >= 15 is 0 Å². The van der Waals surface area contributed by atoms with E-state index in [1.54, 1.807) is 4.31 Å². The third-order valence-corrected chi connectivity index (χ3v) is 5.89. The smallest absolute Gasteiger partial charge is 0.198 e. The first kappa shape index (κ1) is 15.9. The summed E-state index contributed by atoms with van der Waals surface area (Å²) < 4.78 is 28.7. The minimum atomic E-state index is -3.35. The van der Waals surface area contributed by atoms with Gasteiger partial charge in [-0.1, -0.05) is 47.1 Å². The van der Waals surface area contributed by atoms with Crippen molar-refractivity contribution in [2.24, 2.45) is 5.92 Å². The summed E-state index contributed by atoms with van der Waals surface area (Å²) in [6.45, 7) is 3.76. The van der Waals surface area contributed by atoms with Gasteiger partial charge in [-0.05, 0) is 29.9 Å². The molecule has 1 aliphatic heterocycles. The summed E-state index contributed by atoms with van der Waals surface area (Å²) in [4.78, 5) is 0. The summed E-state index contributed by atoms with van der Waals surface area (Å²) in [6, 6.07) is 7.91. The largest absolute Gasteiger partial charge is 0.279 e.